The molecule has 3 aromatic rings. The molecule has 7 atom stereocenters. The summed E-state index contributed by atoms with van der Waals surface area (Å²) in [6, 6.07) is 18.2. The number of anilines is 1. The van der Waals surface area contributed by atoms with E-state index in [1.165, 1.54) is 27.4 Å². The Labute approximate surface area is 218 Å². The summed E-state index contributed by atoms with van der Waals surface area (Å²) in [4.78, 5) is 45.4. The summed E-state index contributed by atoms with van der Waals surface area (Å²) in [6.45, 7) is 6.63. The van der Waals surface area contributed by atoms with E-state index in [1.54, 1.807) is 11.8 Å². The second-order valence-corrected chi connectivity index (χ2v) is 13.9. The van der Waals surface area contributed by atoms with E-state index in [-0.39, 0.29) is 62.9 Å². The number of hydrogen-bond donors (Lipinski definition) is 1. The van der Waals surface area contributed by atoms with Crippen LogP contribution in [0.4, 0.5) is 5.69 Å². The lowest BCUT2D eigenvalue weighted by Gasteiger charge is -2.43. The van der Waals surface area contributed by atoms with Gasteiger partial charge in [0.2, 0.25) is 11.8 Å². The zero-order valence-corrected chi connectivity index (χ0v) is 22.1. The van der Waals surface area contributed by atoms with Crippen LogP contribution < -0.4 is 9.77 Å². The number of H-pyrrole nitrogens is 1. The van der Waals surface area contributed by atoms with Gasteiger partial charge in [-0.05, 0) is 52.8 Å². The lowest BCUT2D eigenvalue weighted by Crippen LogP contribution is -2.42. The van der Waals surface area contributed by atoms with Gasteiger partial charge in [0.15, 0.2) is 0 Å². The van der Waals surface area contributed by atoms with E-state index in [9.17, 15) is 14.4 Å². The molecule has 2 aliphatic heterocycles. The molecule has 2 aliphatic carbocycles. The number of fused-ring (bicyclic) bond motifs is 9. The molecule has 2 saturated carbocycles. The molecule has 3 fully saturated rings. The number of hydrogen-bond acceptors (Lipinski definition) is 5. The van der Waals surface area contributed by atoms with E-state index in [0.717, 1.165) is 16.3 Å². The molecule has 5 nitrogen and oxygen atoms in total. The third-order valence-corrected chi connectivity index (χ3v) is 11.5. The maximum absolute atomic E-state index is 13.8. The molecule has 0 radical (unpaired) electrons. The van der Waals surface area contributed by atoms with Gasteiger partial charge in [0, 0.05) is 16.0 Å². The Hall–Kier alpha value is -2.64. The van der Waals surface area contributed by atoms with Gasteiger partial charge >= 0.3 is 4.87 Å². The predicted octanol–water partition coefficient (Wildman–Crippen LogP) is 5.41. The highest BCUT2D eigenvalue weighted by Crippen LogP contribution is 2.68. The van der Waals surface area contributed by atoms with E-state index in [0.29, 0.717) is 5.69 Å². The van der Waals surface area contributed by atoms with Crippen molar-refractivity contribution in [1.82, 2.24) is 4.98 Å². The topological polar surface area (TPSA) is 70.2 Å². The average Bonchev–Trinajstić information content (AvgIpc) is 3.58. The molecule has 2 amide bonds. The number of benzene rings is 2. The monoisotopic (exact) mass is 516 g/mol. The van der Waals surface area contributed by atoms with Crippen molar-refractivity contribution in [2.75, 3.05) is 4.90 Å². The van der Waals surface area contributed by atoms with Gasteiger partial charge < -0.3 is 4.98 Å². The van der Waals surface area contributed by atoms with Gasteiger partial charge in [0.25, 0.3) is 0 Å². The first kappa shape index (κ1) is 22.5. The molecule has 1 aromatic heterocycles. The van der Waals surface area contributed by atoms with Crippen LogP contribution in [0.3, 0.4) is 0 Å². The quantitative estimate of drug-likeness (QED) is 0.462. The first-order valence-electron chi connectivity index (χ1n) is 12.7. The van der Waals surface area contributed by atoms with Crippen LogP contribution >= 0.6 is 23.1 Å². The number of thioether (sulfide) groups is 1. The van der Waals surface area contributed by atoms with Crippen molar-refractivity contribution in [3.05, 3.63) is 80.3 Å². The highest BCUT2D eigenvalue weighted by Gasteiger charge is 2.69. The molecule has 1 saturated heterocycles. The number of aromatic nitrogens is 1. The minimum atomic E-state index is -0.266. The smallest absolute Gasteiger partial charge is 0.305 e. The standard InChI is InChI=1S/C29H28N2O3S2/c1-29(2,3)15-11-9-14(10-12-15)19-20-17-13-18(23(20)35-25-24(19)36-28(34)30-25)22-21(17)26(32)31(27(22)33)16-7-5-4-6-8-16/h4-12,17-23H,13H2,1-3H3,(H,30,34)/t17-,18+,19-,20+,21+,22+,23-/m0/s1. The molecule has 0 spiro atoms. The van der Waals surface area contributed by atoms with Gasteiger partial charge in [-0.1, -0.05) is 74.6 Å². The number of thiazole rings is 1. The number of nitrogens with zero attached hydrogens (tertiary/aromatic N) is 1. The largest absolute Gasteiger partial charge is 0.307 e. The van der Waals surface area contributed by atoms with Crippen molar-refractivity contribution < 1.29 is 9.59 Å². The number of imide groups is 1. The predicted molar refractivity (Wildman–Crippen MR) is 143 cm³/mol. The second kappa shape index (κ2) is 7.68. The number of carbonyl (C=O) groups excluding carboxylic acids is 2. The molecule has 184 valence electrons. The molecule has 0 unspecified atom stereocenters. The van der Waals surface area contributed by atoms with Crippen molar-refractivity contribution in [3.63, 3.8) is 0 Å². The molecule has 3 heterocycles. The fourth-order valence-corrected chi connectivity index (χ4v) is 10.3. The summed E-state index contributed by atoms with van der Waals surface area (Å²) in [7, 11) is 0. The van der Waals surface area contributed by atoms with Crippen LogP contribution in [0.15, 0.2) is 64.4 Å². The normalized spacial score (nSPS) is 32.5. The molecule has 2 bridgehead atoms. The van der Waals surface area contributed by atoms with Crippen LogP contribution in [-0.2, 0) is 15.0 Å². The van der Waals surface area contributed by atoms with Gasteiger partial charge in [-0.15, -0.1) is 11.8 Å². The number of rotatable bonds is 2. The Morgan fingerprint density at radius 2 is 1.56 bits per heavy atom. The molecule has 36 heavy (non-hydrogen) atoms. The van der Waals surface area contributed by atoms with Crippen LogP contribution in [0, 0.1) is 29.6 Å². The highest BCUT2D eigenvalue weighted by molar-refractivity contribution is 8.00. The molecule has 1 N–H and O–H groups in total. The molecule has 4 aliphatic rings. The summed E-state index contributed by atoms with van der Waals surface area (Å²) < 4.78 is 0. The first-order valence-corrected chi connectivity index (χ1v) is 14.4. The fourth-order valence-electron chi connectivity index (χ4n) is 7.41. The summed E-state index contributed by atoms with van der Waals surface area (Å²) in [5.41, 5.74) is 3.22. The van der Waals surface area contributed by atoms with Crippen LogP contribution in [0.5, 0.6) is 0 Å². The average molecular weight is 517 g/mol. The van der Waals surface area contributed by atoms with Crippen molar-refractivity contribution in [3.8, 4) is 0 Å². The zero-order chi connectivity index (χ0) is 24.9. The maximum atomic E-state index is 13.8. The number of amides is 2. The van der Waals surface area contributed by atoms with Crippen LogP contribution in [-0.4, -0.2) is 22.0 Å². The maximum Gasteiger partial charge on any atom is 0.305 e. The van der Waals surface area contributed by atoms with Crippen LogP contribution in [0.2, 0.25) is 0 Å². The Morgan fingerprint density at radius 1 is 0.889 bits per heavy atom. The van der Waals surface area contributed by atoms with Crippen molar-refractivity contribution in [1.29, 1.82) is 0 Å². The van der Waals surface area contributed by atoms with Crippen LogP contribution in [0.25, 0.3) is 0 Å². The minimum Gasteiger partial charge on any atom is -0.307 e. The third kappa shape index (κ3) is 3.05. The number of nitrogens with one attached hydrogen (secondary N) is 1. The van der Waals surface area contributed by atoms with Crippen LogP contribution in [0.1, 0.15) is 49.1 Å². The zero-order valence-electron chi connectivity index (χ0n) is 20.4. The lowest BCUT2D eigenvalue weighted by atomic mass is 9.68. The molecule has 2 aromatic carbocycles. The SMILES string of the molecule is CC(C)(C)c1ccc([C@@H]2c3sc(=O)[nH]c3S[C@H]3[C@@H]4C[C@H]([C@H]5C(=O)N(c6ccccc6)C(=O)[C@H]45)[C@H]23)cc1. The molecule has 7 heteroatoms. The lowest BCUT2D eigenvalue weighted by molar-refractivity contribution is -0.123. The van der Waals surface area contributed by atoms with Gasteiger partial charge in [-0.3, -0.25) is 19.3 Å². The Morgan fingerprint density at radius 3 is 2.22 bits per heavy atom. The number of para-hydroxylation sites is 1. The van der Waals surface area contributed by atoms with Gasteiger partial charge in [-0.25, -0.2) is 0 Å². The van der Waals surface area contributed by atoms with Gasteiger partial charge in [0.1, 0.15) is 0 Å². The van der Waals surface area contributed by atoms with Crippen molar-refractivity contribution >= 4 is 40.6 Å². The van der Waals surface area contributed by atoms with E-state index in [4.69, 9.17) is 0 Å². The summed E-state index contributed by atoms with van der Waals surface area (Å²) in [5, 5.41) is 1.17. The van der Waals surface area contributed by atoms with E-state index >= 15 is 0 Å². The number of carbonyl (C=O) groups is 2. The van der Waals surface area contributed by atoms with E-state index in [2.05, 4.69) is 50.0 Å². The Balaban J connectivity index is 1.31. The Kier molecular flexibility index (Phi) is 4.81. The van der Waals surface area contributed by atoms with Crippen molar-refractivity contribution in [2.45, 2.75) is 48.8 Å². The summed E-state index contributed by atoms with van der Waals surface area (Å²) in [6.07, 6.45) is 0.910. The van der Waals surface area contributed by atoms with E-state index in [1.807, 2.05) is 30.3 Å². The molecular weight excluding hydrogens is 488 g/mol. The summed E-state index contributed by atoms with van der Waals surface area (Å²) in [5.74, 6) is -0.0266. The first-order chi connectivity index (χ1) is 17.2. The molecular formula is C29H28N2O3S2. The Bertz CT molecular complexity index is 1440. The highest BCUT2D eigenvalue weighted by atomic mass is 32.2. The summed E-state index contributed by atoms with van der Waals surface area (Å²) >= 11 is 3.05. The fraction of sp³-hybridized carbons (Fsp3) is 0.414. The minimum absolute atomic E-state index is 0.0290. The van der Waals surface area contributed by atoms with Gasteiger partial charge in [-0.2, -0.15) is 0 Å². The van der Waals surface area contributed by atoms with Crippen molar-refractivity contribution in [2.24, 2.45) is 29.6 Å². The third-order valence-electron chi connectivity index (χ3n) is 8.87. The van der Waals surface area contributed by atoms with Gasteiger partial charge in [0.05, 0.1) is 22.5 Å². The molecule has 7 rings (SSSR count). The number of aromatic amines is 1. The van der Waals surface area contributed by atoms with E-state index < -0.39 is 0 Å². The second-order valence-electron chi connectivity index (χ2n) is 11.7.